The Morgan fingerprint density at radius 3 is 2.43 bits per heavy atom. The maximum Gasteiger partial charge on any atom is 0.274 e. The highest BCUT2D eigenvalue weighted by Gasteiger charge is 2.13. The van der Waals surface area contributed by atoms with Crippen molar-refractivity contribution in [3.8, 4) is 5.75 Å². The van der Waals surface area contributed by atoms with E-state index in [1.54, 1.807) is 31.5 Å². The van der Waals surface area contributed by atoms with E-state index >= 15 is 0 Å². The quantitative estimate of drug-likeness (QED) is 0.670. The van der Waals surface area contributed by atoms with Crippen LogP contribution >= 0.6 is 0 Å². The van der Waals surface area contributed by atoms with Gasteiger partial charge in [-0.15, -0.1) is 0 Å². The van der Waals surface area contributed by atoms with Crippen molar-refractivity contribution in [1.29, 1.82) is 0 Å². The molecular weight excluding hydrogens is 352 g/mol. The number of nitrogens with one attached hydrogen (secondary N) is 2. The van der Waals surface area contributed by atoms with Crippen LogP contribution in [-0.4, -0.2) is 23.0 Å². The number of aromatic nitrogens is 2. The lowest BCUT2D eigenvalue weighted by molar-refractivity contribution is 0.102. The third kappa shape index (κ3) is 4.85. The zero-order chi connectivity index (χ0) is 20.1. The molecular formula is C22H24N4O2. The Hall–Kier alpha value is -3.41. The van der Waals surface area contributed by atoms with E-state index in [4.69, 9.17) is 4.74 Å². The topological polar surface area (TPSA) is 76.1 Å². The van der Waals surface area contributed by atoms with Gasteiger partial charge in [0.05, 0.1) is 7.11 Å². The van der Waals surface area contributed by atoms with Crippen LogP contribution in [0.5, 0.6) is 5.75 Å². The molecule has 28 heavy (non-hydrogen) atoms. The average Bonchev–Trinajstić information content (AvgIpc) is 2.68. The summed E-state index contributed by atoms with van der Waals surface area (Å²) < 4.78 is 5.17. The molecule has 0 saturated heterocycles. The second-order valence-corrected chi connectivity index (χ2v) is 7.40. The van der Waals surface area contributed by atoms with Crippen LogP contribution < -0.4 is 15.4 Å². The maximum absolute atomic E-state index is 12.5. The van der Waals surface area contributed by atoms with Crippen LogP contribution in [0.25, 0.3) is 0 Å². The summed E-state index contributed by atoms with van der Waals surface area (Å²) in [7, 11) is 1.58. The van der Waals surface area contributed by atoms with Crippen molar-refractivity contribution in [2.24, 2.45) is 0 Å². The molecule has 2 aromatic carbocycles. The Kier molecular flexibility index (Phi) is 5.59. The molecule has 0 radical (unpaired) electrons. The van der Waals surface area contributed by atoms with E-state index in [-0.39, 0.29) is 17.0 Å². The van der Waals surface area contributed by atoms with Crippen LogP contribution in [0.3, 0.4) is 0 Å². The number of rotatable bonds is 5. The molecule has 0 aliphatic carbocycles. The van der Waals surface area contributed by atoms with Crippen LogP contribution in [0, 0.1) is 0 Å². The van der Waals surface area contributed by atoms with Gasteiger partial charge >= 0.3 is 0 Å². The maximum atomic E-state index is 12.5. The second-order valence-electron chi connectivity index (χ2n) is 7.40. The van der Waals surface area contributed by atoms with Crippen LogP contribution in [0.1, 0.15) is 36.8 Å². The number of carbonyl (C=O) groups is 1. The molecule has 1 amide bonds. The second kappa shape index (κ2) is 8.08. The van der Waals surface area contributed by atoms with E-state index in [0.717, 1.165) is 5.69 Å². The number of methoxy groups -OCH3 is 1. The molecule has 2 N–H and O–H groups in total. The molecule has 1 heterocycles. The molecule has 0 atom stereocenters. The van der Waals surface area contributed by atoms with Crippen LogP contribution in [0.2, 0.25) is 0 Å². The Labute approximate surface area is 165 Å². The minimum absolute atomic E-state index is 0.0904. The molecule has 6 nitrogen and oxygen atoms in total. The van der Waals surface area contributed by atoms with Gasteiger partial charge in [0, 0.05) is 23.6 Å². The highest BCUT2D eigenvalue weighted by Crippen LogP contribution is 2.24. The molecule has 3 aromatic rings. The molecule has 1 aromatic heterocycles. The van der Waals surface area contributed by atoms with Gasteiger partial charge in [-0.1, -0.05) is 39.0 Å². The number of hydrogen-bond acceptors (Lipinski definition) is 5. The van der Waals surface area contributed by atoms with Gasteiger partial charge in [0.25, 0.3) is 5.91 Å². The number of carbonyl (C=O) groups excluding carboxylic acids is 1. The van der Waals surface area contributed by atoms with Gasteiger partial charge in [0.2, 0.25) is 5.95 Å². The van der Waals surface area contributed by atoms with E-state index in [9.17, 15) is 4.79 Å². The summed E-state index contributed by atoms with van der Waals surface area (Å²) in [5.41, 5.74) is 3.10. The molecule has 0 spiro atoms. The van der Waals surface area contributed by atoms with Gasteiger partial charge in [-0.3, -0.25) is 4.79 Å². The first-order chi connectivity index (χ1) is 13.3. The predicted octanol–water partition coefficient (Wildman–Crippen LogP) is 4.78. The zero-order valence-electron chi connectivity index (χ0n) is 16.5. The van der Waals surface area contributed by atoms with Crippen molar-refractivity contribution < 1.29 is 9.53 Å². The highest BCUT2D eigenvalue weighted by atomic mass is 16.5. The van der Waals surface area contributed by atoms with E-state index in [0.29, 0.717) is 17.4 Å². The summed E-state index contributed by atoms with van der Waals surface area (Å²) >= 11 is 0. The minimum Gasteiger partial charge on any atom is -0.497 e. The largest absolute Gasteiger partial charge is 0.497 e. The lowest BCUT2D eigenvalue weighted by atomic mass is 9.87. The molecule has 144 valence electrons. The first kappa shape index (κ1) is 19.4. The van der Waals surface area contributed by atoms with E-state index in [1.807, 2.05) is 24.3 Å². The fraction of sp³-hybridized carbons (Fsp3) is 0.227. The van der Waals surface area contributed by atoms with Crippen molar-refractivity contribution in [1.82, 2.24) is 9.97 Å². The number of amides is 1. The van der Waals surface area contributed by atoms with Crippen LogP contribution in [-0.2, 0) is 5.41 Å². The molecule has 0 unspecified atom stereocenters. The summed E-state index contributed by atoms with van der Waals surface area (Å²) in [6, 6.07) is 16.8. The van der Waals surface area contributed by atoms with Gasteiger partial charge < -0.3 is 15.4 Å². The number of hydrogen-bond donors (Lipinski definition) is 2. The first-order valence-electron chi connectivity index (χ1n) is 9.01. The SMILES string of the molecule is COc1cccc(NC(=O)c2ccnc(Nc3ccc(C(C)(C)C)cc3)n2)c1. The van der Waals surface area contributed by atoms with Gasteiger partial charge in [0.15, 0.2) is 0 Å². The monoisotopic (exact) mass is 376 g/mol. The van der Waals surface area contributed by atoms with Gasteiger partial charge in [-0.25, -0.2) is 9.97 Å². The van der Waals surface area contributed by atoms with E-state index < -0.39 is 0 Å². The van der Waals surface area contributed by atoms with Crippen molar-refractivity contribution in [3.63, 3.8) is 0 Å². The fourth-order valence-electron chi connectivity index (χ4n) is 2.62. The third-order valence-electron chi connectivity index (χ3n) is 4.22. The highest BCUT2D eigenvalue weighted by molar-refractivity contribution is 6.03. The summed E-state index contributed by atoms with van der Waals surface area (Å²) in [5.74, 6) is 0.713. The summed E-state index contributed by atoms with van der Waals surface area (Å²) in [5, 5.41) is 5.95. The first-order valence-corrected chi connectivity index (χ1v) is 9.01. The molecule has 0 bridgehead atoms. The summed E-state index contributed by atoms with van der Waals surface area (Å²) in [6.45, 7) is 6.51. The van der Waals surface area contributed by atoms with Crippen molar-refractivity contribution in [3.05, 3.63) is 72.1 Å². The number of benzene rings is 2. The fourth-order valence-corrected chi connectivity index (χ4v) is 2.62. The predicted molar refractivity (Wildman–Crippen MR) is 111 cm³/mol. The molecule has 0 aliphatic rings. The Balaban J connectivity index is 1.72. The standard InChI is InChI=1S/C22H24N4O2/c1-22(2,3)15-8-10-16(11-9-15)25-21-23-13-12-19(26-21)20(27)24-17-6-5-7-18(14-17)28-4/h5-14H,1-4H3,(H,24,27)(H,23,25,26). The Bertz CT molecular complexity index is 963. The molecule has 0 saturated carbocycles. The third-order valence-corrected chi connectivity index (χ3v) is 4.22. The van der Waals surface area contributed by atoms with Gasteiger partial charge in [0.1, 0.15) is 11.4 Å². The summed E-state index contributed by atoms with van der Waals surface area (Å²) in [6.07, 6.45) is 1.55. The van der Waals surface area contributed by atoms with Crippen LogP contribution in [0.15, 0.2) is 60.8 Å². The number of ether oxygens (including phenoxy) is 1. The lowest BCUT2D eigenvalue weighted by Gasteiger charge is -2.19. The Morgan fingerprint density at radius 2 is 1.75 bits per heavy atom. The number of nitrogens with zero attached hydrogens (tertiary/aromatic N) is 2. The van der Waals surface area contributed by atoms with E-state index in [2.05, 4.69) is 53.5 Å². The molecule has 0 aliphatic heterocycles. The van der Waals surface area contributed by atoms with E-state index in [1.165, 1.54) is 5.56 Å². The van der Waals surface area contributed by atoms with Gasteiger partial charge in [-0.2, -0.15) is 0 Å². The van der Waals surface area contributed by atoms with Gasteiger partial charge in [-0.05, 0) is 41.3 Å². The number of anilines is 3. The van der Waals surface area contributed by atoms with Crippen molar-refractivity contribution >= 4 is 23.2 Å². The normalized spacial score (nSPS) is 11.0. The van der Waals surface area contributed by atoms with Crippen molar-refractivity contribution in [2.75, 3.05) is 17.7 Å². The molecule has 6 heteroatoms. The minimum atomic E-state index is -0.318. The lowest BCUT2D eigenvalue weighted by Crippen LogP contribution is -2.15. The van der Waals surface area contributed by atoms with Crippen LogP contribution in [0.4, 0.5) is 17.3 Å². The van der Waals surface area contributed by atoms with Crippen molar-refractivity contribution in [2.45, 2.75) is 26.2 Å². The molecule has 0 fully saturated rings. The average molecular weight is 376 g/mol. The zero-order valence-corrected chi connectivity index (χ0v) is 16.5. The Morgan fingerprint density at radius 1 is 1.00 bits per heavy atom. The smallest absolute Gasteiger partial charge is 0.274 e. The molecule has 3 rings (SSSR count). The summed E-state index contributed by atoms with van der Waals surface area (Å²) in [4.78, 5) is 21.0.